The van der Waals surface area contributed by atoms with Gasteiger partial charge in [0.25, 0.3) is 0 Å². The number of rotatable bonds is 1. The number of aromatic nitrogens is 1. The number of allylic oxidation sites excluding steroid dienone is 1. The predicted molar refractivity (Wildman–Crippen MR) is 68.3 cm³/mol. The molecule has 0 unspecified atom stereocenters. The summed E-state index contributed by atoms with van der Waals surface area (Å²) in [5.41, 5.74) is 3.97. The molecule has 0 aromatic carbocycles. The SMILES string of the molecule is C=C1COc2nc(C3=C(F)N=C(C)C3)ccc2C1. The van der Waals surface area contributed by atoms with Crippen molar-refractivity contribution in [3.05, 3.63) is 41.5 Å². The van der Waals surface area contributed by atoms with Crippen molar-refractivity contribution < 1.29 is 9.13 Å². The van der Waals surface area contributed by atoms with Crippen LogP contribution in [0, 0.1) is 0 Å². The maximum absolute atomic E-state index is 13.6. The minimum atomic E-state index is -0.430. The highest BCUT2D eigenvalue weighted by Crippen LogP contribution is 2.32. The first-order chi connectivity index (χ1) is 8.63. The molecule has 0 saturated carbocycles. The Balaban J connectivity index is 1.97. The minimum absolute atomic E-state index is 0.430. The summed E-state index contributed by atoms with van der Waals surface area (Å²) in [6, 6.07) is 3.75. The molecule has 0 radical (unpaired) electrons. The quantitative estimate of drug-likeness (QED) is 0.562. The Bertz CT molecular complexity index is 602. The van der Waals surface area contributed by atoms with Gasteiger partial charge in [-0.25, -0.2) is 9.98 Å². The standard InChI is InChI=1S/C14H13FN2O/c1-8-5-10-3-4-12(17-14(10)18-7-8)11-6-9(2)16-13(11)15/h3-4H,1,5-7H2,2H3. The molecule has 3 nitrogen and oxygen atoms in total. The van der Waals surface area contributed by atoms with Gasteiger partial charge >= 0.3 is 0 Å². The second-order valence-electron chi connectivity index (χ2n) is 4.67. The fraction of sp³-hybridized carbons (Fsp3) is 0.286. The van der Waals surface area contributed by atoms with E-state index in [4.69, 9.17) is 4.74 Å². The first-order valence-electron chi connectivity index (χ1n) is 5.86. The topological polar surface area (TPSA) is 34.5 Å². The van der Waals surface area contributed by atoms with Crippen LogP contribution in [0.15, 0.2) is 35.2 Å². The van der Waals surface area contributed by atoms with Crippen LogP contribution in [-0.2, 0) is 6.42 Å². The summed E-state index contributed by atoms with van der Waals surface area (Å²) in [5.74, 6) is 0.157. The molecule has 2 aliphatic rings. The Hall–Kier alpha value is -1.97. The van der Waals surface area contributed by atoms with Gasteiger partial charge in [0.05, 0.1) is 5.69 Å². The molecule has 0 bridgehead atoms. The summed E-state index contributed by atoms with van der Waals surface area (Å²) in [5, 5.41) is 0. The highest BCUT2D eigenvalue weighted by atomic mass is 19.1. The Kier molecular flexibility index (Phi) is 2.51. The molecule has 0 N–H and O–H groups in total. The molecule has 2 aliphatic heterocycles. The molecular formula is C14H13FN2O. The van der Waals surface area contributed by atoms with Crippen LogP contribution in [0.4, 0.5) is 4.39 Å². The molecular weight excluding hydrogens is 231 g/mol. The van der Waals surface area contributed by atoms with Crippen LogP contribution in [0.25, 0.3) is 5.57 Å². The highest BCUT2D eigenvalue weighted by Gasteiger charge is 2.21. The van der Waals surface area contributed by atoms with Crippen molar-refractivity contribution in [2.75, 3.05) is 6.61 Å². The van der Waals surface area contributed by atoms with Gasteiger partial charge in [-0.15, -0.1) is 0 Å². The summed E-state index contributed by atoms with van der Waals surface area (Å²) < 4.78 is 19.1. The van der Waals surface area contributed by atoms with Gasteiger partial charge in [0.2, 0.25) is 11.8 Å². The number of nitrogens with zero attached hydrogens (tertiary/aromatic N) is 2. The number of fused-ring (bicyclic) bond motifs is 1. The third kappa shape index (κ3) is 1.83. The van der Waals surface area contributed by atoms with Gasteiger partial charge < -0.3 is 4.74 Å². The summed E-state index contributed by atoms with van der Waals surface area (Å²) >= 11 is 0. The van der Waals surface area contributed by atoms with Crippen LogP contribution in [0.5, 0.6) is 5.88 Å². The third-order valence-corrected chi connectivity index (χ3v) is 3.07. The second kappa shape index (κ2) is 4.05. The molecule has 4 heteroatoms. The lowest BCUT2D eigenvalue weighted by atomic mass is 10.0. The lowest BCUT2D eigenvalue weighted by Gasteiger charge is -2.18. The molecule has 0 spiro atoms. The van der Waals surface area contributed by atoms with Crippen LogP contribution in [0.3, 0.4) is 0 Å². The van der Waals surface area contributed by atoms with Crippen molar-refractivity contribution >= 4 is 11.3 Å². The maximum atomic E-state index is 13.6. The number of halogens is 1. The fourth-order valence-corrected chi connectivity index (χ4v) is 2.19. The molecule has 0 atom stereocenters. The zero-order valence-electron chi connectivity index (χ0n) is 10.2. The Morgan fingerprint density at radius 3 is 2.89 bits per heavy atom. The number of aliphatic imine (C=N–C) groups is 1. The van der Waals surface area contributed by atoms with E-state index in [0.717, 1.165) is 23.3 Å². The molecule has 92 valence electrons. The summed E-state index contributed by atoms with van der Waals surface area (Å²) in [6.07, 6.45) is 1.30. The smallest absolute Gasteiger partial charge is 0.218 e. The van der Waals surface area contributed by atoms with Gasteiger partial charge in [0.15, 0.2) is 0 Å². The third-order valence-electron chi connectivity index (χ3n) is 3.07. The number of ether oxygens (including phenoxy) is 1. The second-order valence-corrected chi connectivity index (χ2v) is 4.67. The van der Waals surface area contributed by atoms with E-state index in [1.165, 1.54) is 0 Å². The van der Waals surface area contributed by atoms with Crippen LogP contribution in [0.1, 0.15) is 24.6 Å². The fourth-order valence-electron chi connectivity index (χ4n) is 2.19. The molecule has 0 saturated heterocycles. The molecule has 3 heterocycles. The van der Waals surface area contributed by atoms with Crippen molar-refractivity contribution in [3.63, 3.8) is 0 Å². The first kappa shape index (κ1) is 11.1. The van der Waals surface area contributed by atoms with Crippen LogP contribution in [-0.4, -0.2) is 17.3 Å². The average Bonchev–Trinajstić information content (AvgIpc) is 2.68. The van der Waals surface area contributed by atoms with Crippen molar-refractivity contribution in [1.82, 2.24) is 4.98 Å². The van der Waals surface area contributed by atoms with Crippen molar-refractivity contribution in [1.29, 1.82) is 0 Å². The van der Waals surface area contributed by atoms with E-state index in [1.807, 2.05) is 19.1 Å². The number of pyridine rings is 1. The molecule has 1 aromatic heterocycles. The lowest BCUT2D eigenvalue weighted by Crippen LogP contribution is -2.13. The van der Waals surface area contributed by atoms with Crippen molar-refractivity contribution in [2.45, 2.75) is 19.8 Å². The van der Waals surface area contributed by atoms with E-state index >= 15 is 0 Å². The molecule has 0 fully saturated rings. The van der Waals surface area contributed by atoms with Gasteiger partial charge in [0, 0.05) is 29.7 Å². The van der Waals surface area contributed by atoms with Gasteiger partial charge in [0.1, 0.15) is 6.61 Å². The van der Waals surface area contributed by atoms with Crippen molar-refractivity contribution in [3.8, 4) is 5.88 Å². The zero-order valence-corrected chi connectivity index (χ0v) is 10.2. The van der Waals surface area contributed by atoms with Crippen LogP contribution >= 0.6 is 0 Å². The van der Waals surface area contributed by atoms with Gasteiger partial charge in [-0.2, -0.15) is 4.39 Å². The molecule has 0 amide bonds. The predicted octanol–water partition coefficient (Wildman–Crippen LogP) is 3.08. The maximum Gasteiger partial charge on any atom is 0.218 e. The average molecular weight is 244 g/mol. The lowest BCUT2D eigenvalue weighted by molar-refractivity contribution is 0.318. The first-order valence-corrected chi connectivity index (χ1v) is 5.86. The van der Waals surface area contributed by atoms with E-state index in [0.29, 0.717) is 30.2 Å². The van der Waals surface area contributed by atoms with Crippen molar-refractivity contribution in [2.24, 2.45) is 4.99 Å². The largest absolute Gasteiger partial charge is 0.473 e. The van der Waals surface area contributed by atoms with E-state index in [-0.39, 0.29) is 0 Å². The molecule has 0 aliphatic carbocycles. The van der Waals surface area contributed by atoms with E-state index in [1.54, 1.807) is 0 Å². The van der Waals surface area contributed by atoms with E-state index in [2.05, 4.69) is 16.6 Å². The Morgan fingerprint density at radius 2 is 2.17 bits per heavy atom. The summed E-state index contributed by atoms with van der Waals surface area (Å²) in [4.78, 5) is 8.19. The Labute approximate surface area is 105 Å². The minimum Gasteiger partial charge on any atom is -0.473 e. The van der Waals surface area contributed by atoms with Crippen LogP contribution < -0.4 is 4.74 Å². The number of hydrogen-bond donors (Lipinski definition) is 0. The van der Waals surface area contributed by atoms with E-state index < -0.39 is 5.95 Å². The van der Waals surface area contributed by atoms with Gasteiger partial charge in [-0.05, 0) is 18.6 Å². The normalized spacial score (nSPS) is 18.6. The summed E-state index contributed by atoms with van der Waals surface area (Å²) in [6.45, 7) is 6.19. The highest BCUT2D eigenvalue weighted by molar-refractivity contribution is 5.97. The zero-order chi connectivity index (χ0) is 12.7. The monoisotopic (exact) mass is 244 g/mol. The molecule has 3 rings (SSSR count). The Morgan fingerprint density at radius 1 is 1.33 bits per heavy atom. The molecule has 18 heavy (non-hydrogen) atoms. The molecule has 1 aromatic rings. The van der Waals surface area contributed by atoms with Crippen LogP contribution in [0.2, 0.25) is 0 Å². The van der Waals surface area contributed by atoms with Gasteiger partial charge in [-0.3, -0.25) is 0 Å². The summed E-state index contributed by atoms with van der Waals surface area (Å²) in [7, 11) is 0. The van der Waals surface area contributed by atoms with Gasteiger partial charge in [-0.1, -0.05) is 12.6 Å². The number of hydrogen-bond acceptors (Lipinski definition) is 3. The van der Waals surface area contributed by atoms with E-state index in [9.17, 15) is 4.39 Å².